The van der Waals surface area contributed by atoms with E-state index in [1.54, 1.807) is 52.8 Å². The minimum atomic E-state index is -1.25. The number of alkyl carbamates (subject to hydrolysis) is 1. The Morgan fingerprint density at radius 1 is 0.880 bits per heavy atom. The van der Waals surface area contributed by atoms with Gasteiger partial charge in [-0.3, -0.25) is 9.59 Å². The number of hydrogen-bond donors (Lipinski definition) is 6. The lowest BCUT2D eigenvalue weighted by Gasteiger charge is -2.19. The Morgan fingerprint density at radius 3 is 2.26 bits per heavy atom. The number of aromatic nitrogens is 2. The molecule has 3 rings (SSSR count). The van der Waals surface area contributed by atoms with Crippen LogP contribution in [0.2, 0.25) is 0 Å². The lowest BCUT2D eigenvalue weighted by atomic mass is 10.1. The second kappa shape index (κ2) is 18.2. The highest BCUT2D eigenvalue weighted by molar-refractivity contribution is 5.99. The van der Waals surface area contributed by atoms with Crippen LogP contribution in [-0.4, -0.2) is 89.1 Å². The number of methoxy groups -OCH3 is 1. The van der Waals surface area contributed by atoms with Crippen molar-refractivity contribution in [3.8, 4) is 17.2 Å². The molecule has 6 N–H and O–H groups in total. The lowest BCUT2D eigenvalue weighted by molar-refractivity contribution is -0.142. The van der Waals surface area contributed by atoms with E-state index >= 15 is 0 Å². The Labute approximate surface area is 291 Å². The highest BCUT2D eigenvalue weighted by atomic mass is 16.6. The van der Waals surface area contributed by atoms with Gasteiger partial charge < -0.3 is 45.7 Å². The van der Waals surface area contributed by atoms with Crippen molar-refractivity contribution < 1.29 is 43.6 Å². The number of ether oxygens (including phenoxy) is 3. The molecule has 0 spiro atoms. The van der Waals surface area contributed by atoms with E-state index in [1.807, 2.05) is 6.07 Å². The number of nitrogens with zero attached hydrogens (tertiary/aromatic N) is 2. The normalized spacial score (nSPS) is 11.6. The van der Waals surface area contributed by atoms with Gasteiger partial charge in [0.25, 0.3) is 11.8 Å². The maximum Gasteiger partial charge on any atom is 0.407 e. The third-order valence-corrected chi connectivity index (χ3v) is 7.00. The first-order chi connectivity index (χ1) is 23.6. The van der Waals surface area contributed by atoms with E-state index in [0.29, 0.717) is 30.3 Å². The standard InChI is InChI=1S/C35H46N6O9/c1-21-29(22(2)40-33(39-21)36-13-8-11-23-10-7-12-25(42)16-23)31(45)41-28(32(46)48-6)20-38-30(44)24-17-26(43)19-27(18-24)49-15-9-14-37-34(47)50-35(3,4)5/h7,10,12,16-19,28,42-43H,8-9,11,13-15,20H2,1-6H3,(H,37,47)(H,38,44)(H,41,45)(H,36,39,40)/t28-/m0/s1. The zero-order valence-corrected chi connectivity index (χ0v) is 29.2. The van der Waals surface area contributed by atoms with Crippen LogP contribution in [0.25, 0.3) is 0 Å². The smallest absolute Gasteiger partial charge is 0.407 e. The SMILES string of the molecule is COC(=O)[C@H](CNC(=O)c1cc(O)cc(OCCCNC(=O)OC(C)(C)C)c1)NC(=O)c1c(C)nc(NCCCc2cccc(O)c2)nc1C. The summed E-state index contributed by atoms with van der Waals surface area (Å²) in [7, 11) is 1.16. The Hall–Kier alpha value is -5.60. The molecular weight excluding hydrogens is 648 g/mol. The fourth-order valence-corrected chi connectivity index (χ4v) is 4.76. The van der Waals surface area contributed by atoms with Crippen LogP contribution >= 0.6 is 0 Å². The molecule has 15 heteroatoms. The number of aryl methyl sites for hydroxylation is 3. The Morgan fingerprint density at radius 2 is 1.60 bits per heavy atom. The maximum atomic E-state index is 13.3. The van der Waals surface area contributed by atoms with E-state index < -0.39 is 35.5 Å². The molecule has 0 aliphatic carbocycles. The molecule has 0 radical (unpaired) electrons. The van der Waals surface area contributed by atoms with Gasteiger partial charge in [0, 0.05) is 31.3 Å². The van der Waals surface area contributed by atoms with Gasteiger partial charge in [0.05, 0.1) is 30.7 Å². The van der Waals surface area contributed by atoms with Gasteiger partial charge in [-0.05, 0) is 83.7 Å². The van der Waals surface area contributed by atoms with Crippen LogP contribution in [0.15, 0.2) is 42.5 Å². The maximum absolute atomic E-state index is 13.3. The number of amides is 3. The van der Waals surface area contributed by atoms with E-state index in [-0.39, 0.29) is 48.1 Å². The number of carbonyl (C=O) groups is 4. The molecule has 0 saturated carbocycles. The molecule has 0 bridgehead atoms. The van der Waals surface area contributed by atoms with Crippen LogP contribution in [0.4, 0.5) is 10.7 Å². The van der Waals surface area contributed by atoms with Crippen molar-refractivity contribution in [3.05, 3.63) is 70.5 Å². The van der Waals surface area contributed by atoms with E-state index in [2.05, 4.69) is 31.2 Å². The van der Waals surface area contributed by atoms with E-state index in [0.717, 1.165) is 25.5 Å². The molecule has 1 heterocycles. The first-order valence-electron chi connectivity index (χ1n) is 16.1. The van der Waals surface area contributed by atoms with Gasteiger partial charge in [0.1, 0.15) is 28.9 Å². The molecule has 0 unspecified atom stereocenters. The van der Waals surface area contributed by atoms with Gasteiger partial charge in [0.15, 0.2) is 0 Å². The molecule has 50 heavy (non-hydrogen) atoms. The predicted molar refractivity (Wildman–Crippen MR) is 184 cm³/mol. The van der Waals surface area contributed by atoms with Crippen molar-refractivity contribution >= 4 is 29.8 Å². The van der Waals surface area contributed by atoms with Gasteiger partial charge in [-0.2, -0.15) is 0 Å². The quantitative estimate of drug-likeness (QED) is 0.0940. The number of hydrogen-bond acceptors (Lipinski definition) is 12. The summed E-state index contributed by atoms with van der Waals surface area (Å²) in [5.74, 6) is -1.52. The van der Waals surface area contributed by atoms with Gasteiger partial charge in [0.2, 0.25) is 5.95 Å². The van der Waals surface area contributed by atoms with Crippen LogP contribution < -0.4 is 26.0 Å². The Bertz CT molecular complexity index is 1630. The van der Waals surface area contributed by atoms with Crippen LogP contribution in [0.5, 0.6) is 17.2 Å². The van der Waals surface area contributed by atoms with Gasteiger partial charge in [-0.1, -0.05) is 12.1 Å². The lowest BCUT2D eigenvalue weighted by Crippen LogP contribution is -2.49. The van der Waals surface area contributed by atoms with Crippen LogP contribution in [0.3, 0.4) is 0 Å². The van der Waals surface area contributed by atoms with Crippen molar-refractivity contribution in [2.75, 3.05) is 38.7 Å². The summed E-state index contributed by atoms with van der Waals surface area (Å²) in [6.07, 6.45) is 1.38. The Balaban J connectivity index is 1.54. The second-order valence-corrected chi connectivity index (χ2v) is 12.4. The van der Waals surface area contributed by atoms with Crippen molar-refractivity contribution in [1.29, 1.82) is 0 Å². The van der Waals surface area contributed by atoms with Gasteiger partial charge in [-0.15, -0.1) is 0 Å². The first-order valence-corrected chi connectivity index (χ1v) is 16.1. The van der Waals surface area contributed by atoms with Crippen molar-refractivity contribution in [3.63, 3.8) is 0 Å². The number of aromatic hydroxyl groups is 2. The average Bonchev–Trinajstić information content (AvgIpc) is 3.03. The molecule has 3 aromatic rings. The summed E-state index contributed by atoms with van der Waals surface area (Å²) < 4.78 is 15.7. The number of anilines is 1. The summed E-state index contributed by atoms with van der Waals surface area (Å²) in [6, 6.07) is 9.77. The second-order valence-electron chi connectivity index (χ2n) is 12.4. The number of nitrogens with one attached hydrogen (secondary N) is 4. The van der Waals surface area contributed by atoms with Crippen molar-refractivity contribution in [1.82, 2.24) is 25.9 Å². The fourth-order valence-electron chi connectivity index (χ4n) is 4.76. The predicted octanol–water partition coefficient (Wildman–Crippen LogP) is 3.54. The Kier molecular flexibility index (Phi) is 14.2. The molecule has 0 aliphatic rings. The van der Waals surface area contributed by atoms with Gasteiger partial charge >= 0.3 is 12.1 Å². The number of benzene rings is 2. The third kappa shape index (κ3) is 12.8. The molecule has 15 nitrogen and oxygen atoms in total. The zero-order valence-electron chi connectivity index (χ0n) is 29.2. The summed E-state index contributed by atoms with van der Waals surface area (Å²) in [5.41, 5.74) is 1.37. The monoisotopic (exact) mass is 694 g/mol. The number of phenolic OH excluding ortho intramolecular Hbond substituents is 2. The molecular formula is C35H46N6O9. The molecule has 0 aliphatic heterocycles. The van der Waals surface area contributed by atoms with E-state index in [9.17, 15) is 29.4 Å². The largest absolute Gasteiger partial charge is 0.508 e. The van der Waals surface area contributed by atoms with Crippen LogP contribution in [0, 0.1) is 13.8 Å². The zero-order chi connectivity index (χ0) is 36.8. The highest BCUT2D eigenvalue weighted by Crippen LogP contribution is 2.22. The van der Waals surface area contributed by atoms with Crippen molar-refractivity contribution in [2.24, 2.45) is 0 Å². The van der Waals surface area contributed by atoms with Gasteiger partial charge in [-0.25, -0.2) is 19.6 Å². The van der Waals surface area contributed by atoms with E-state index in [1.165, 1.54) is 18.2 Å². The molecule has 0 fully saturated rings. The number of phenols is 2. The molecule has 1 aromatic heterocycles. The van der Waals surface area contributed by atoms with Crippen molar-refractivity contribution in [2.45, 2.75) is 65.5 Å². The minimum Gasteiger partial charge on any atom is -0.508 e. The number of esters is 1. The highest BCUT2D eigenvalue weighted by Gasteiger charge is 2.26. The molecule has 270 valence electrons. The minimum absolute atomic E-state index is 0.0481. The molecule has 3 amide bonds. The van der Waals surface area contributed by atoms with E-state index in [4.69, 9.17) is 14.2 Å². The number of carbonyl (C=O) groups excluding carboxylic acids is 4. The third-order valence-electron chi connectivity index (χ3n) is 7.00. The fraction of sp³-hybridized carbons (Fsp3) is 0.429. The summed E-state index contributed by atoms with van der Waals surface area (Å²) >= 11 is 0. The topological polar surface area (TPSA) is 210 Å². The first kappa shape index (κ1) is 38.8. The average molecular weight is 695 g/mol. The molecule has 2 aromatic carbocycles. The van der Waals surface area contributed by atoms with Crippen LogP contribution in [0.1, 0.15) is 71.3 Å². The molecule has 0 saturated heterocycles. The van der Waals surface area contributed by atoms with Crippen LogP contribution in [-0.2, 0) is 20.7 Å². The summed E-state index contributed by atoms with van der Waals surface area (Å²) in [5, 5.41) is 30.7. The summed E-state index contributed by atoms with van der Waals surface area (Å²) in [4.78, 5) is 59.4. The molecule has 1 atom stereocenters. The number of rotatable bonds is 16. The summed E-state index contributed by atoms with van der Waals surface area (Å²) in [6.45, 7) is 9.28.